The van der Waals surface area contributed by atoms with Crippen molar-refractivity contribution in [3.63, 3.8) is 0 Å². The third-order valence-corrected chi connectivity index (χ3v) is 3.76. The molecular formula is C15H17F5O4. The minimum absolute atomic E-state index is 0.172. The molecule has 0 saturated heterocycles. The number of ether oxygens (including phenoxy) is 1. The van der Waals surface area contributed by atoms with Gasteiger partial charge in [-0.3, -0.25) is 0 Å². The Morgan fingerprint density at radius 2 is 1.62 bits per heavy atom. The number of methoxy groups -OCH3 is 1. The van der Waals surface area contributed by atoms with E-state index in [4.69, 9.17) is 9.84 Å². The van der Waals surface area contributed by atoms with Gasteiger partial charge in [-0.05, 0) is 17.0 Å². The zero-order chi connectivity index (χ0) is 19.0. The molecule has 0 bridgehead atoms. The molecule has 0 fully saturated rings. The van der Waals surface area contributed by atoms with Crippen LogP contribution in [0, 0.1) is 0 Å². The van der Waals surface area contributed by atoms with Gasteiger partial charge in [0, 0.05) is 6.42 Å². The summed E-state index contributed by atoms with van der Waals surface area (Å²) in [6.45, 7) is 2.48. The predicted molar refractivity (Wildman–Crippen MR) is 74.2 cm³/mol. The first-order valence-corrected chi connectivity index (χ1v) is 6.74. The lowest BCUT2D eigenvalue weighted by atomic mass is 9.72. The van der Waals surface area contributed by atoms with Crippen molar-refractivity contribution in [3.05, 3.63) is 29.8 Å². The smallest absolute Gasteiger partial charge is 0.457 e. The summed E-state index contributed by atoms with van der Waals surface area (Å²) in [6.07, 6.45) is -7.61. The number of carboxylic acid groups (broad SMARTS) is 1. The number of halogens is 5. The van der Waals surface area contributed by atoms with E-state index in [1.165, 1.54) is 39.2 Å². The molecule has 1 rings (SSSR count). The van der Waals surface area contributed by atoms with Crippen molar-refractivity contribution in [2.45, 2.75) is 43.4 Å². The van der Waals surface area contributed by atoms with E-state index >= 15 is 0 Å². The molecule has 24 heavy (non-hydrogen) atoms. The van der Waals surface area contributed by atoms with Crippen LogP contribution in [0.5, 0.6) is 5.75 Å². The van der Waals surface area contributed by atoms with Crippen LogP contribution in [0.15, 0.2) is 24.3 Å². The quantitative estimate of drug-likeness (QED) is 0.767. The summed E-state index contributed by atoms with van der Waals surface area (Å²) in [5.74, 6) is -8.33. The highest BCUT2D eigenvalue weighted by molar-refractivity contribution is 5.79. The fourth-order valence-electron chi connectivity index (χ4n) is 2.49. The van der Waals surface area contributed by atoms with Crippen molar-refractivity contribution in [1.29, 1.82) is 0 Å². The van der Waals surface area contributed by atoms with Gasteiger partial charge in [0.25, 0.3) is 0 Å². The van der Waals surface area contributed by atoms with Crippen LogP contribution >= 0.6 is 0 Å². The Morgan fingerprint density at radius 1 is 1.12 bits per heavy atom. The van der Waals surface area contributed by atoms with E-state index in [2.05, 4.69) is 0 Å². The van der Waals surface area contributed by atoms with Crippen LogP contribution in [-0.2, 0) is 10.2 Å². The second kappa shape index (κ2) is 6.19. The van der Waals surface area contributed by atoms with Gasteiger partial charge in [-0.2, -0.15) is 22.0 Å². The number of alkyl halides is 5. The molecule has 1 aromatic rings. The fourth-order valence-corrected chi connectivity index (χ4v) is 2.49. The molecule has 2 N–H and O–H groups in total. The number of carbonyl (C=O) groups is 1. The number of benzene rings is 1. The highest BCUT2D eigenvalue weighted by Gasteiger charge is 2.74. The zero-order valence-electron chi connectivity index (χ0n) is 13.1. The van der Waals surface area contributed by atoms with E-state index < -0.39 is 35.5 Å². The number of aliphatic hydroxyl groups is 1. The lowest BCUT2D eigenvalue weighted by Gasteiger charge is -2.39. The van der Waals surface area contributed by atoms with Crippen molar-refractivity contribution in [3.8, 4) is 5.75 Å². The van der Waals surface area contributed by atoms with Crippen molar-refractivity contribution in [2.24, 2.45) is 0 Å². The summed E-state index contributed by atoms with van der Waals surface area (Å²) in [6, 6.07) is 5.87. The average molecular weight is 356 g/mol. The number of hydrogen-bond acceptors (Lipinski definition) is 3. The van der Waals surface area contributed by atoms with E-state index in [9.17, 15) is 31.9 Å². The summed E-state index contributed by atoms with van der Waals surface area (Å²) in [5, 5.41) is 18.7. The summed E-state index contributed by atoms with van der Waals surface area (Å²) in [5.41, 5.74) is -5.71. The predicted octanol–water partition coefficient (Wildman–Crippen LogP) is 3.38. The van der Waals surface area contributed by atoms with Crippen molar-refractivity contribution >= 4 is 5.97 Å². The maximum Gasteiger partial charge on any atom is 0.457 e. The Labute approximate surface area is 134 Å². The number of hydrogen-bond donors (Lipinski definition) is 2. The van der Waals surface area contributed by atoms with Crippen LogP contribution in [0.1, 0.15) is 25.8 Å². The molecule has 4 nitrogen and oxygen atoms in total. The summed E-state index contributed by atoms with van der Waals surface area (Å²) in [7, 11) is 1.27. The lowest BCUT2D eigenvalue weighted by Crippen LogP contribution is -2.63. The third-order valence-electron chi connectivity index (χ3n) is 3.76. The lowest BCUT2D eigenvalue weighted by molar-refractivity contribution is -0.339. The number of carboxylic acids is 1. The van der Waals surface area contributed by atoms with Crippen LogP contribution in [0.4, 0.5) is 22.0 Å². The summed E-state index contributed by atoms with van der Waals surface area (Å²) < 4.78 is 70.2. The largest absolute Gasteiger partial charge is 0.496 e. The van der Waals surface area contributed by atoms with Gasteiger partial charge in [-0.25, -0.2) is 4.79 Å². The highest BCUT2D eigenvalue weighted by atomic mass is 19.4. The standard InChI is InChI=1S/C15H17F5O4/c1-12(2,9-6-4-5-7-10(9)24-3)8-13(23,11(21)22)14(16,17)15(18,19)20/h4-7,23H,8H2,1-3H3,(H,21,22). The highest BCUT2D eigenvalue weighted by Crippen LogP contribution is 2.49. The van der Waals surface area contributed by atoms with Crippen molar-refractivity contribution in [2.75, 3.05) is 7.11 Å². The van der Waals surface area contributed by atoms with Gasteiger partial charge in [0.1, 0.15) is 5.75 Å². The van der Waals surface area contributed by atoms with Gasteiger partial charge in [0.05, 0.1) is 7.11 Å². The summed E-state index contributed by atoms with van der Waals surface area (Å²) in [4.78, 5) is 11.1. The molecule has 1 atom stereocenters. The number of rotatable bonds is 6. The van der Waals surface area contributed by atoms with Crippen LogP contribution < -0.4 is 4.74 Å². The van der Waals surface area contributed by atoms with E-state index in [0.717, 1.165) is 0 Å². The number of para-hydroxylation sites is 1. The SMILES string of the molecule is COc1ccccc1C(C)(C)CC(O)(C(=O)O)C(F)(F)C(F)(F)F. The van der Waals surface area contributed by atoms with Crippen LogP contribution in [0.2, 0.25) is 0 Å². The van der Waals surface area contributed by atoms with Gasteiger partial charge in [-0.1, -0.05) is 32.0 Å². The van der Waals surface area contributed by atoms with Gasteiger partial charge >= 0.3 is 18.1 Å². The molecule has 0 amide bonds. The summed E-state index contributed by atoms with van der Waals surface area (Å²) >= 11 is 0. The molecule has 0 aliphatic rings. The van der Waals surface area contributed by atoms with Crippen molar-refractivity contribution < 1.29 is 41.7 Å². The fraction of sp³-hybridized carbons (Fsp3) is 0.533. The van der Waals surface area contributed by atoms with E-state index in [0.29, 0.717) is 0 Å². The molecule has 136 valence electrons. The maximum atomic E-state index is 13.7. The van der Waals surface area contributed by atoms with E-state index in [1.807, 2.05) is 0 Å². The van der Waals surface area contributed by atoms with Crippen LogP contribution in [-0.4, -0.2) is 41.0 Å². The minimum Gasteiger partial charge on any atom is -0.496 e. The Kier molecular flexibility index (Phi) is 5.20. The normalized spacial score (nSPS) is 15.7. The van der Waals surface area contributed by atoms with Gasteiger partial charge < -0.3 is 14.9 Å². The van der Waals surface area contributed by atoms with Gasteiger partial charge in [0.15, 0.2) is 0 Å². The molecule has 0 aliphatic heterocycles. The van der Waals surface area contributed by atoms with Gasteiger partial charge in [-0.15, -0.1) is 0 Å². The Balaban J connectivity index is 3.42. The molecule has 0 saturated carbocycles. The molecule has 1 unspecified atom stereocenters. The second-order valence-electron chi connectivity index (χ2n) is 6.00. The first-order valence-electron chi connectivity index (χ1n) is 6.74. The van der Waals surface area contributed by atoms with E-state index in [1.54, 1.807) is 6.07 Å². The second-order valence-corrected chi connectivity index (χ2v) is 6.00. The first kappa shape index (κ1) is 20.1. The van der Waals surface area contributed by atoms with Crippen LogP contribution in [0.25, 0.3) is 0 Å². The van der Waals surface area contributed by atoms with Crippen molar-refractivity contribution in [1.82, 2.24) is 0 Å². The third kappa shape index (κ3) is 3.31. The Morgan fingerprint density at radius 3 is 2.04 bits per heavy atom. The Bertz CT molecular complexity index is 612. The average Bonchev–Trinajstić information content (AvgIpc) is 2.45. The first-order chi connectivity index (χ1) is 10.7. The van der Waals surface area contributed by atoms with Gasteiger partial charge in [0.2, 0.25) is 5.60 Å². The molecule has 0 spiro atoms. The van der Waals surface area contributed by atoms with E-state index in [-0.39, 0.29) is 11.3 Å². The van der Waals surface area contributed by atoms with Crippen LogP contribution in [0.3, 0.4) is 0 Å². The molecule has 0 heterocycles. The topological polar surface area (TPSA) is 66.8 Å². The molecule has 0 aliphatic carbocycles. The molecular weight excluding hydrogens is 339 g/mol. The molecule has 1 aromatic carbocycles. The molecule has 0 aromatic heterocycles. The maximum absolute atomic E-state index is 13.7. The minimum atomic E-state index is -6.23. The zero-order valence-corrected chi connectivity index (χ0v) is 13.1. The number of aliphatic carboxylic acids is 1. The molecule has 0 radical (unpaired) electrons. The Hall–Kier alpha value is -1.90. The molecule has 9 heteroatoms. The monoisotopic (exact) mass is 356 g/mol.